The summed E-state index contributed by atoms with van der Waals surface area (Å²) < 4.78 is 20.7. The Balaban J connectivity index is 1.80. The van der Waals surface area contributed by atoms with Gasteiger partial charge in [-0.1, -0.05) is 38.1 Å². The average Bonchev–Trinajstić information content (AvgIpc) is 3.29. The van der Waals surface area contributed by atoms with Gasteiger partial charge in [0, 0.05) is 24.0 Å². The van der Waals surface area contributed by atoms with Gasteiger partial charge in [-0.3, -0.25) is 14.4 Å². The van der Waals surface area contributed by atoms with Crippen LogP contribution in [0.3, 0.4) is 0 Å². The van der Waals surface area contributed by atoms with Crippen LogP contribution in [0.4, 0.5) is 0 Å². The van der Waals surface area contributed by atoms with Crippen LogP contribution in [0.1, 0.15) is 87.0 Å². The topological polar surface area (TPSA) is 122 Å². The Kier molecular flexibility index (Phi) is 5.48. The first kappa shape index (κ1) is 21.2. The van der Waals surface area contributed by atoms with Crippen molar-refractivity contribution in [3.63, 3.8) is 0 Å². The number of carbonyl (C=O) groups excluding carboxylic acids is 5. The Morgan fingerprint density at radius 2 is 1.16 bits per heavy atom. The first-order valence-corrected chi connectivity index (χ1v) is 9.97. The Bertz CT molecular complexity index is 1070. The largest absolute Gasteiger partial charge is 0.420 e. The molecular formula is C23H18O9. The number of ketones is 1. The summed E-state index contributed by atoms with van der Waals surface area (Å²) >= 11 is 0. The van der Waals surface area contributed by atoms with Gasteiger partial charge in [0.2, 0.25) is 0 Å². The SMILES string of the molecule is CCC(=O)OC1OC(=O)c2cccc(C(=O)c3cccc4c3C(OC(=O)CC)OC4=O)c21. The van der Waals surface area contributed by atoms with Crippen LogP contribution < -0.4 is 0 Å². The van der Waals surface area contributed by atoms with E-state index in [1.807, 2.05) is 0 Å². The second-order valence-corrected chi connectivity index (χ2v) is 7.02. The molecule has 0 amide bonds. The molecule has 0 saturated heterocycles. The molecule has 32 heavy (non-hydrogen) atoms. The minimum absolute atomic E-state index is 0.0512. The number of cyclic esters (lactones) is 2. The zero-order chi connectivity index (χ0) is 23.0. The summed E-state index contributed by atoms with van der Waals surface area (Å²) in [4.78, 5) is 61.7. The van der Waals surface area contributed by atoms with E-state index < -0.39 is 42.2 Å². The first-order chi connectivity index (χ1) is 15.3. The van der Waals surface area contributed by atoms with Crippen LogP contribution in [-0.4, -0.2) is 29.7 Å². The van der Waals surface area contributed by atoms with E-state index in [9.17, 15) is 24.0 Å². The molecule has 2 heterocycles. The molecule has 0 saturated carbocycles. The van der Waals surface area contributed by atoms with Crippen LogP contribution >= 0.6 is 0 Å². The van der Waals surface area contributed by atoms with Gasteiger partial charge in [0.05, 0.1) is 22.3 Å². The van der Waals surface area contributed by atoms with E-state index in [0.717, 1.165) is 0 Å². The first-order valence-electron chi connectivity index (χ1n) is 9.97. The van der Waals surface area contributed by atoms with E-state index in [1.165, 1.54) is 36.4 Å². The van der Waals surface area contributed by atoms with Crippen molar-refractivity contribution in [1.82, 2.24) is 0 Å². The van der Waals surface area contributed by atoms with Crippen molar-refractivity contribution in [2.45, 2.75) is 39.3 Å². The molecule has 9 nitrogen and oxygen atoms in total. The highest BCUT2D eigenvalue weighted by Gasteiger charge is 2.41. The van der Waals surface area contributed by atoms with Crippen LogP contribution in [0, 0.1) is 0 Å². The molecule has 0 aromatic heterocycles. The lowest BCUT2D eigenvalue weighted by Crippen LogP contribution is -2.16. The highest BCUT2D eigenvalue weighted by Crippen LogP contribution is 2.39. The van der Waals surface area contributed by atoms with Gasteiger partial charge in [-0.05, 0) is 12.1 Å². The molecular weight excluding hydrogens is 420 g/mol. The van der Waals surface area contributed by atoms with E-state index in [1.54, 1.807) is 13.8 Å². The molecule has 2 aliphatic heterocycles. The molecule has 2 atom stereocenters. The van der Waals surface area contributed by atoms with Gasteiger partial charge in [-0.15, -0.1) is 0 Å². The maximum Gasteiger partial charge on any atom is 0.342 e. The average molecular weight is 438 g/mol. The van der Waals surface area contributed by atoms with Crippen molar-refractivity contribution in [2.75, 3.05) is 0 Å². The number of rotatable bonds is 6. The summed E-state index contributed by atoms with van der Waals surface area (Å²) in [5, 5.41) is 0. The second-order valence-electron chi connectivity index (χ2n) is 7.02. The van der Waals surface area contributed by atoms with Gasteiger partial charge in [0.15, 0.2) is 5.78 Å². The fourth-order valence-electron chi connectivity index (χ4n) is 3.55. The molecule has 2 aromatic rings. The fraction of sp³-hybridized carbons (Fsp3) is 0.261. The lowest BCUT2D eigenvalue weighted by atomic mass is 9.91. The van der Waals surface area contributed by atoms with Crippen LogP contribution in [0.25, 0.3) is 0 Å². The maximum atomic E-state index is 13.6. The Morgan fingerprint density at radius 1 is 0.750 bits per heavy atom. The van der Waals surface area contributed by atoms with Gasteiger partial charge >= 0.3 is 23.9 Å². The molecule has 164 valence electrons. The Labute approximate surface area is 182 Å². The van der Waals surface area contributed by atoms with Crippen molar-refractivity contribution < 1.29 is 42.9 Å². The predicted octanol–water partition coefficient (Wildman–Crippen LogP) is 3.16. The predicted molar refractivity (Wildman–Crippen MR) is 105 cm³/mol. The Hall–Kier alpha value is -4.01. The summed E-state index contributed by atoms with van der Waals surface area (Å²) in [5.74, 6) is -3.25. The number of ether oxygens (including phenoxy) is 4. The number of fused-ring (bicyclic) bond motifs is 2. The third-order valence-corrected chi connectivity index (χ3v) is 5.10. The summed E-state index contributed by atoms with van der Waals surface area (Å²) in [6.45, 7) is 3.16. The zero-order valence-corrected chi connectivity index (χ0v) is 17.2. The van der Waals surface area contributed by atoms with Crippen molar-refractivity contribution >= 4 is 29.7 Å². The van der Waals surface area contributed by atoms with E-state index in [-0.39, 0.29) is 46.2 Å². The molecule has 0 bridgehead atoms. The molecule has 0 radical (unpaired) electrons. The van der Waals surface area contributed by atoms with Crippen molar-refractivity contribution in [3.8, 4) is 0 Å². The minimum atomic E-state index is -1.37. The molecule has 2 unspecified atom stereocenters. The monoisotopic (exact) mass is 438 g/mol. The molecule has 0 aliphatic carbocycles. The molecule has 4 rings (SSSR count). The fourth-order valence-corrected chi connectivity index (χ4v) is 3.55. The van der Waals surface area contributed by atoms with Crippen molar-refractivity contribution in [1.29, 1.82) is 0 Å². The molecule has 0 spiro atoms. The van der Waals surface area contributed by atoms with Crippen LogP contribution in [0.2, 0.25) is 0 Å². The summed E-state index contributed by atoms with van der Waals surface area (Å²) in [5.41, 5.74) is 0.534. The van der Waals surface area contributed by atoms with E-state index >= 15 is 0 Å². The standard InChI is InChI=1S/C23H18O9/c1-3-15(24)29-22-17-11(7-5-9-13(17)20(27)31-22)19(26)12-8-6-10-14-18(12)23(32-21(14)28)30-16(25)4-2/h5-10,22-23H,3-4H2,1-2H3. The van der Waals surface area contributed by atoms with E-state index in [4.69, 9.17) is 18.9 Å². The van der Waals surface area contributed by atoms with Gasteiger partial charge < -0.3 is 18.9 Å². The smallest absolute Gasteiger partial charge is 0.342 e. The quantitative estimate of drug-likeness (QED) is 0.494. The van der Waals surface area contributed by atoms with Crippen LogP contribution in [-0.2, 0) is 28.5 Å². The molecule has 2 aromatic carbocycles. The number of carbonyl (C=O) groups is 5. The van der Waals surface area contributed by atoms with Gasteiger partial charge in [0.1, 0.15) is 0 Å². The number of benzene rings is 2. The number of esters is 4. The lowest BCUT2D eigenvalue weighted by Gasteiger charge is -2.16. The van der Waals surface area contributed by atoms with E-state index in [2.05, 4.69) is 0 Å². The number of hydrogen-bond acceptors (Lipinski definition) is 9. The van der Waals surface area contributed by atoms with Crippen LogP contribution in [0.15, 0.2) is 36.4 Å². The molecule has 0 N–H and O–H groups in total. The number of hydrogen-bond donors (Lipinski definition) is 0. The third kappa shape index (κ3) is 3.51. The molecule has 0 fully saturated rings. The lowest BCUT2D eigenvalue weighted by molar-refractivity contribution is -0.168. The highest BCUT2D eigenvalue weighted by molar-refractivity contribution is 6.14. The zero-order valence-electron chi connectivity index (χ0n) is 17.2. The maximum absolute atomic E-state index is 13.6. The van der Waals surface area contributed by atoms with Crippen molar-refractivity contribution in [3.05, 3.63) is 69.8 Å². The van der Waals surface area contributed by atoms with Gasteiger partial charge in [-0.2, -0.15) is 0 Å². The van der Waals surface area contributed by atoms with Crippen LogP contribution in [0.5, 0.6) is 0 Å². The minimum Gasteiger partial charge on any atom is -0.420 e. The highest BCUT2D eigenvalue weighted by atomic mass is 16.7. The summed E-state index contributed by atoms with van der Waals surface area (Å²) in [6.07, 6.45) is -2.63. The van der Waals surface area contributed by atoms with Crippen molar-refractivity contribution in [2.24, 2.45) is 0 Å². The molecule has 9 heteroatoms. The van der Waals surface area contributed by atoms with Gasteiger partial charge in [0.25, 0.3) is 12.6 Å². The normalized spacial score (nSPS) is 18.3. The Morgan fingerprint density at radius 3 is 1.53 bits per heavy atom. The van der Waals surface area contributed by atoms with Gasteiger partial charge in [-0.25, -0.2) is 9.59 Å². The summed E-state index contributed by atoms with van der Waals surface area (Å²) in [7, 11) is 0. The third-order valence-electron chi connectivity index (χ3n) is 5.10. The molecule has 2 aliphatic rings. The second kappa shape index (κ2) is 8.26. The van der Waals surface area contributed by atoms with E-state index in [0.29, 0.717) is 0 Å². The summed E-state index contributed by atoms with van der Waals surface area (Å²) in [6, 6.07) is 8.83.